The van der Waals surface area contributed by atoms with E-state index in [1.165, 1.54) is 4.90 Å². The fourth-order valence-corrected chi connectivity index (χ4v) is 6.39. The zero-order valence-corrected chi connectivity index (χ0v) is 24.1. The van der Waals surface area contributed by atoms with Gasteiger partial charge in [-0.3, -0.25) is 9.59 Å². The van der Waals surface area contributed by atoms with Crippen molar-refractivity contribution >= 4 is 23.2 Å². The molecule has 2 fully saturated rings. The highest BCUT2D eigenvalue weighted by Crippen LogP contribution is 2.30. The number of nitrogens with one attached hydrogen (secondary N) is 2. The number of benzene rings is 1. The van der Waals surface area contributed by atoms with E-state index in [0.29, 0.717) is 17.9 Å². The molecule has 0 spiro atoms. The van der Waals surface area contributed by atoms with E-state index in [4.69, 9.17) is 4.52 Å². The molecule has 5 rings (SSSR count). The zero-order chi connectivity index (χ0) is 28.2. The van der Waals surface area contributed by atoms with Crippen molar-refractivity contribution < 1.29 is 19.2 Å². The van der Waals surface area contributed by atoms with Gasteiger partial charge in [-0.05, 0) is 44.9 Å². The Kier molecular flexibility index (Phi) is 8.94. The Balaban J connectivity index is 1.27. The number of nitrogens with zero attached hydrogens (tertiary/aromatic N) is 4. The molecule has 2 unspecified atom stereocenters. The minimum atomic E-state index is -0.762. The van der Waals surface area contributed by atoms with Crippen LogP contribution in [0.3, 0.4) is 0 Å². The summed E-state index contributed by atoms with van der Waals surface area (Å²) in [4.78, 5) is 36.7. The molecule has 3 N–H and O–H groups in total. The molecule has 2 saturated heterocycles. The molecule has 3 aromatic rings. The Morgan fingerprint density at radius 3 is 2.62 bits per heavy atom. The van der Waals surface area contributed by atoms with Gasteiger partial charge in [0.15, 0.2) is 0 Å². The molecule has 2 aromatic heterocycles. The number of hydrogen-bond donors (Lipinski definition) is 3. The third kappa shape index (κ3) is 6.43. The molecular formula is C29H38N6O4S. The standard InChI is InChI=1S/C29H38N6O4S/c1-18-14-26(39-33-18)24(8-11-34-12-9-30-10-13-34)29(38)35-16-23(36)15-25(35)28(37)32-19(2)21-4-6-22(7-5-21)27-20(3)31-17-40-27/h4-7,14,17,19,23-25,30,36H,8-13,15-16H2,1-3H3,(H,32,37)/t19?,23-,24?,25+/m1/s1. The van der Waals surface area contributed by atoms with Gasteiger partial charge >= 0.3 is 0 Å². The quantitative estimate of drug-likeness (QED) is 0.361. The average Bonchev–Trinajstić information content (AvgIpc) is 3.69. The van der Waals surface area contributed by atoms with Crippen LogP contribution in [0.2, 0.25) is 0 Å². The number of aryl methyl sites for hydroxylation is 2. The largest absolute Gasteiger partial charge is 0.391 e. The lowest BCUT2D eigenvalue weighted by atomic mass is 9.98. The highest BCUT2D eigenvalue weighted by Gasteiger charge is 2.42. The van der Waals surface area contributed by atoms with Gasteiger partial charge in [0.05, 0.1) is 33.9 Å². The van der Waals surface area contributed by atoms with E-state index in [-0.39, 0.29) is 30.8 Å². The van der Waals surface area contributed by atoms with E-state index in [0.717, 1.165) is 54.4 Å². The van der Waals surface area contributed by atoms with Crippen LogP contribution < -0.4 is 10.6 Å². The Bertz CT molecular complexity index is 1300. The van der Waals surface area contributed by atoms with Crippen LogP contribution in [-0.2, 0) is 9.59 Å². The SMILES string of the molecule is Cc1cc(C(CCN2CCNCC2)C(=O)N2C[C@H](O)C[C@H]2C(=O)NC(C)c2ccc(-c3scnc3C)cc2)on1. The maximum Gasteiger partial charge on any atom is 0.243 e. The minimum absolute atomic E-state index is 0.117. The van der Waals surface area contributed by atoms with Crippen molar-refractivity contribution in [2.45, 2.75) is 57.7 Å². The number of carbonyl (C=O) groups is 2. The molecule has 4 heterocycles. The first-order valence-electron chi connectivity index (χ1n) is 14.0. The number of likely N-dealkylation sites (tertiary alicyclic amines) is 1. The summed E-state index contributed by atoms with van der Waals surface area (Å²) in [5, 5.41) is 21.0. The lowest BCUT2D eigenvalue weighted by Crippen LogP contribution is -2.48. The average molecular weight is 567 g/mol. The number of β-amino-alcohol motifs (C(OH)–C–C–N with tert-alkyl or cyclic N) is 1. The number of carbonyl (C=O) groups excluding carboxylic acids is 2. The summed E-state index contributed by atoms with van der Waals surface area (Å²) in [6.07, 6.45) is -0.00765. The topological polar surface area (TPSA) is 124 Å². The fourth-order valence-electron chi connectivity index (χ4n) is 5.58. The summed E-state index contributed by atoms with van der Waals surface area (Å²) < 4.78 is 5.54. The van der Waals surface area contributed by atoms with Crippen molar-refractivity contribution in [2.75, 3.05) is 39.3 Å². The van der Waals surface area contributed by atoms with Gasteiger partial charge in [0.2, 0.25) is 11.8 Å². The van der Waals surface area contributed by atoms with Crippen molar-refractivity contribution in [3.63, 3.8) is 0 Å². The molecule has 2 aliphatic heterocycles. The molecule has 2 aliphatic rings. The number of hydrogen-bond acceptors (Lipinski definition) is 9. The first kappa shape index (κ1) is 28.4. The van der Waals surface area contributed by atoms with Gasteiger partial charge in [0, 0.05) is 45.2 Å². The highest BCUT2D eigenvalue weighted by atomic mass is 32.1. The van der Waals surface area contributed by atoms with Gasteiger partial charge < -0.3 is 30.1 Å². The van der Waals surface area contributed by atoms with Crippen LogP contribution in [0.1, 0.15) is 54.4 Å². The summed E-state index contributed by atoms with van der Waals surface area (Å²) in [6.45, 7) is 10.3. The molecule has 0 saturated carbocycles. The molecule has 0 bridgehead atoms. The van der Waals surface area contributed by atoms with Gasteiger partial charge in [0.1, 0.15) is 17.7 Å². The van der Waals surface area contributed by atoms with Gasteiger partial charge in [-0.15, -0.1) is 11.3 Å². The zero-order valence-electron chi connectivity index (χ0n) is 23.3. The van der Waals surface area contributed by atoms with Crippen LogP contribution in [0, 0.1) is 13.8 Å². The predicted molar refractivity (Wildman–Crippen MR) is 153 cm³/mol. The molecule has 10 nitrogen and oxygen atoms in total. The second-order valence-corrected chi connectivity index (χ2v) is 11.7. The highest BCUT2D eigenvalue weighted by molar-refractivity contribution is 7.13. The van der Waals surface area contributed by atoms with Crippen LogP contribution >= 0.6 is 11.3 Å². The lowest BCUT2D eigenvalue weighted by Gasteiger charge is -2.31. The molecule has 0 aliphatic carbocycles. The van der Waals surface area contributed by atoms with Crippen molar-refractivity contribution in [1.82, 2.24) is 30.6 Å². The van der Waals surface area contributed by atoms with Crippen molar-refractivity contribution in [3.05, 3.63) is 58.6 Å². The number of piperazine rings is 1. The Hall–Kier alpha value is -3.12. The first-order chi connectivity index (χ1) is 19.3. The predicted octanol–water partition coefficient (Wildman–Crippen LogP) is 2.63. The number of aromatic nitrogens is 2. The molecule has 0 radical (unpaired) electrons. The molecule has 11 heteroatoms. The van der Waals surface area contributed by atoms with E-state index < -0.39 is 18.1 Å². The number of thiazole rings is 1. The molecule has 40 heavy (non-hydrogen) atoms. The maximum atomic E-state index is 13.9. The summed E-state index contributed by atoms with van der Waals surface area (Å²) >= 11 is 1.60. The number of aliphatic hydroxyl groups excluding tert-OH is 1. The molecular weight excluding hydrogens is 528 g/mol. The smallest absolute Gasteiger partial charge is 0.243 e. The molecule has 2 amide bonds. The third-order valence-corrected chi connectivity index (χ3v) is 8.85. The summed E-state index contributed by atoms with van der Waals surface area (Å²) in [6, 6.07) is 8.86. The second-order valence-electron chi connectivity index (χ2n) is 10.8. The Morgan fingerprint density at radius 2 is 1.98 bits per heavy atom. The van der Waals surface area contributed by atoms with Gasteiger partial charge in [0.25, 0.3) is 0 Å². The van der Waals surface area contributed by atoms with Crippen molar-refractivity contribution in [2.24, 2.45) is 0 Å². The molecule has 4 atom stereocenters. The maximum absolute atomic E-state index is 13.9. The van der Waals surface area contributed by atoms with E-state index in [2.05, 4.69) is 25.7 Å². The summed E-state index contributed by atoms with van der Waals surface area (Å²) in [5.74, 6) is -0.547. The second kappa shape index (κ2) is 12.6. The van der Waals surface area contributed by atoms with Gasteiger partial charge in [-0.25, -0.2) is 4.98 Å². The number of aliphatic hydroxyl groups is 1. The van der Waals surface area contributed by atoms with E-state index in [1.807, 2.05) is 50.5 Å². The Morgan fingerprint density at radius 1 is 1.23 bits per heavy atom. The summed E-state index contributed by atoms with van der Waals surface area (Å²) in [7, 11) is 0. The minimum Gasteiger partial charge on any atom is -0.391 e. The van der Waals surface area contributed by atoms with Crippen LogP contribution in [0.5, 0.6) is 0 Å². The van der Waals surface area contributed by atoms with Crippen LogP contribution in [0.15, 0.2) is 40.4 Å². The van der Waals surface area contributed by atoms with Crippen molar-refractivity contribution in [3.8, 4) is 10.4 Å². The van der Waals surface area contributed by atoms with E-state index in [1.54, 1.807) is 17.4 Å². The first-order valence-corrected chi connectivity index (χ1v) is 14.8. The normalized spacial score (nSPS) is 21.4. The van der Waals surface area contributed by atoms with Crippen LogP contribution in [0.4, 0.5) is 0 Å². The van der Waals surface area contributed by atoms with Gasteiger partial charge in [-0.2, -0.15) is 0 Å². The monoisotopic (exact) mass is 566 g/mol. The van der Waals surface area contributed by atoms with E-state index >= 15 is 0 Å². The molecule has 214 valence electrons. The van der Waals surface area contributed by atoms with Crippen LogP contribution in [-0.4, -0.2) is 88.3 Å². The Labute approximate surface area is 238 Å². The third-order valence-electron chi connectivity index (χ3n) is 7.87. The van der Waals surface area contributed by atoms with E-state index in [9.17, 15) is 14.7 Å². The number of amides is 2. The summed E-state index contributed by atoms with van der Waals surface area (Å²) in [5.41, 5.74) is 5.59. The molecule has 1 aromatic carbocycles. The van der Waals surface area contributed by atoms with Crippen molar-refractivity contribution in [1.29, 1.82) is 0 Å². The van der Waals surface area contributed by atoms with Gasteiger partial charge in [-0.1, -0.05) is 29.4 Å². The lowest BCUT2D eigenvalue weighted by molar-refractivity contribution is -0.140. The number of rotatable bonds is 9. The van der Waals surface area contributed by atoms with Crippen LogP contribution in [0.25, 0.3) is 10.4 Å². The fraction of sp³-hybridized carbons (Fsp3) is 0.517.